The predicted octanol–water partition coefficient (Wildman–Crippen LogP) is 1.32. The lowest BCUT2D eigenvalue weighted by molar-refractivity contribution is -0.126. The number of hydrogen-bond acceptors (Lipinski definition) is 5. The zero-order valence-corrected chi connectivity index (χ0v) is 17.8. The van der Waals surface area contributed by atoms with Gasteiger partial charge in [0, 0.05) is 26.7 Å². The Kier molecular flexibility index (Phi) is 6.11. The predicted molar refractivity (Wildman–Crippen MR) is 104 cm³/mol. The summed E-state index contributed by atoms with van der Waals surface area (Å²) in [6.07, 6.45) is 4.19. The second-order valence-corrected chi connectivity index (χ2v) is 9.21. The van der Waals surface area contributed by atoms with Crippen molar-refractivity contribution < 1.29 is 13.2 Å². The first-order valence-electron chi connectivity index (χ1n) is 9.22. The maximum absolute atomic E-state index is 13.0. The third-order valence-corrected chi connectivity index (χ3v) is 7.47. The number of amides is 1. The Hall–Kier alpha value is -1.91. The first-order chi connectivity index (χ1) is 13.3. The van der Waals surface area contributed by atoms with Crippen LogP contribution in [0.3, 0.4) is 0 Å². The molecular weight excluding hydrogens is 404 g/mol. The Morgan fingerprint density at radius 2 is 2.11 bits per heavy atom. The topological polar surface area (TPSA) is 102 Å². The maximum Gasteiger partial charge on any atom is 0.246 e. The summed E-state index contributed by atoms with van der Waals surface area (Å²) in [4.78, 5) is 12.9. The molecule has 11 heteroatoms. The third-order valence-electron chi connectivity index (χ3n) is 5.19. The highest BCUT2D eigenvalue weighted by Crippen LogP contribution is 2.25. The van der Waals surface area contributed by atoms with Gasteiger partial charge < -0.3 is 5.32 Å². The number of sulfonamides is 1. The highest BCUT2D eigenvalue weighted by Gasteiger charge is 2.35. The molecule has 1 atom stereocenters. The molecule has 0 aliphatic carbocycles. The Morgan fingerprint density at radius 1 is 1.36 bits per heavy atom. The van der Waals surface area contributed by atoms with Crippen LogP contribution >= 0.6 is 11.6 Å². The summed E-state index contributed by atoms with van der Waals surface area (Å²) in [5, 5.41) is 11.6. The van der Waals surface area contributed by atoms with Crippen LogP contribution in [0.5, 0.6) is 0 Å². The van der Waals surface area contributed by atoms with Gasteiger partial charge in [-0.05, 0) is 26.7 Å². The van der Waals surface area contributed by atoms with E-state index in [-0.39, 0.29) is 23.9 Å². The molecule has 2 aromatic rings. The smallest absolute Gasteiger partial charge is 0.246 e. The van der Waals surface area contributed by atoms with E-state index in [1.165, 1.54) is 15.2 Å². The largest absolute Gasteiger partial charge is 0.350 e. The third kappa shape index (κ3) is 3.94. The molecule has 0 spiro atoms. The van der Waals surface area contributed by atoms with Crippen LogP contribution in [0, 0.1) is 12.8 Å². The first kappa shape index (κ1) is 20.8. The second kappa shape index (κ2) is 8.22. The van der Waals surface area contributed by atoms with Gasteiger partial charge in [0.15, 0.2) is 0 Å². The number of carbonyl (C=O) groups excluding carboxylic acids is 1. The van der Waals surface area contributed by atoms with Gasteiger partial charge in [-0.15, -0.1) is 0 Å². The van der Waals surface area contributed by atoms with Gasteiger partial charge in [0.2, 0.25) is 15.9 Å². The van der Waals surface area contributed by atoms with Crippen molar-refractivity contribution in [2.45, 2.75) is 44.7 Å². The number of halogens is 1. The van der Waals surface area contributed by atoms with Crippen LogP contribution in [0.15, 0.2) is 17.3 Å². The normalized spacial score (nSPS) is 18.4. The fourth-order valence-electron chi connectivity index (χ4n) is 3.40. The molecule has 1 fully saturated rings. The van der Waals surface area contributed by atoms with Gasteiger partial charge in [-0.25, -0.2) is 8.42 Å². The zero-order valence-electron chi connectivity index (χ0n) is 16.2. The molecule has 0 bridgehead atoms. The quantitative estimate of drug-likeness (QED) is 0.747. The number of carbonyl (C=O) groups is 1. The van der Waals surface area contributed by atoms with E-state index in [0.717, 1.165) is 5.69 Å². The highest BCUT2D eigenvalue weighted by atomic mass is 35.5. The molecule has 3 rings (SSSR count). The minimum atomic E-state index is -3.68. The van der Waals surface area contributed by atoms with Gasteiger partial charge in [-0.1, -0.05) is 11.6 Å². The van der Waals surface area contributed by atoms with Crippen LogP contribution in [-0.4, -0.2) is 51.3 Å². The van der Waals surface area contributed by atoms with Crippen molar-refractivity contribution in [3.05, 3.63) is 28.8 Å². The Morgan fingerprint density at radius 3 is 2.75 bits per heavy atom. The van der Waals surface area contributed by atoms with Crippen LogP contribution in [0.1, 0.15) is 31.2 Å². The molecule has 1 amide bonds. The summed E-state index contributed by atoms with van der Waals surface area (Å²) in [6.45, 7) is 5.13. The van der Waals surface area contributed by atoms with Crippen LogP contribution in [0.4, 0.5) is 0 Å². The molecule has 0 saturated carbocycles. The number of aromatic nitrogens is 4. The summed E-state index contributed by atoms with van der Waals surface area (Å²) < 4.78 is 30.6. The fourth-order valence-corrected chi connectivity index (χ4v) is 5.31. The van der Waals surface area contributed by atoms with Gasteiger partial charge >= 0.3 is 0 Å². The number of nitrogens with one attached hydrogen (secondary N) is 1. The molecule has 1 aliphatic rings. The van der Waals surface area contributed by atoms with Gasteiger partial charge in [0.25, 0.3) is 0 Å². The molecule has 1 N–H and O–H groups in total. The van der Waals surface area contributed by atoms with Crippen molar-refractivity contribution in [2.24, 2.45) is 13.0 Å². The maximum atomic E-state index is 13.0. The van der Waals surface area contributed by atoms with Crippen molar-refractivity contribution in [2.75, 3.05) is 13.1 Å². The molecule has 1 aliphatic heterocycles. The van der Waals surface area contributed by atoms with Crippen LogP contribution in [0.2, 0.25) is 5.02 Å². The lowest BCUT2D eigenvalue weighted by Crippen LogP contribution is -2.45. The molecule has 3 heterocycles. The standard InChI is InChI=1S/C17H25ClN6O3S/c1-4-24-15(14(18)8-21-24)9-19-17(25)13-6-5-7-23(11-13)28(26,27)16-10-20-22(3)12(16)2/h8,10,13H,4-7,9,11H2,1-3H3,(H,19,25)/t13-/m1/s1. The van der Waals surface area contributed by atoms with Gasteiger partial charge in [0.1, 0.15) is 4.90 Å². The van der Waals surface area contributed by atoms with E-state index in [0.29, 0.717) is 36.6 Å². The van der Waals surface area contributed by atoms with Crippen LogP contribution in [0.25, 0.3) is 0 Å². The summed E-state index contributed by atoms with van der Waals surface area (Å²) in [6, 6.07) is 0. The molecule has 154 valence electrons. The summed E-state index contributed by atoms with van der Waals surface area (Å²) in [7, 11) is -1.98. The molecule has 0 aromatic carbocycles. The highest BCUT2D eigenvalue weighted by molar-refractivity contribution is 7.89. The van der Waals surface area contributed by atoms with Crippen molar-refractivity contribution in [3.63, 3.8) is 0 Å². The molecule has 2 aromatic heterocycles. The number of nitrogens with zero attached hydrogens (tertiary/aromatic N) is 5. The van der Waals surface area contributed by atoms with E-state index in [1.807, 2.05) is 6.92 Å². The summed E-state index contributed by atoms with van der Waals surface area (Å²) in [5.74, 6) is -0.583. The van der Waals surface area contributed by atoms with Crippen molar-refractivity contribution in [3.8, 4) is 0 Å². The van der Waals surface area contributed by atoms with Crippen molar-refractivity contribution >= 4 is 27.5 Å². The average Bonchev–Trinajstić information content (AvgIpc) is 3.22. The number of piperidine rings is 1. The van der Waals surface area contributed by atoms with Crippen LogP contribution in [-0.2, 0) is 35.0 Å². The number of rotatable bonds is 6. The van der Waals surface area contributed by atoms with E-state index < -0.39 is 15.9 Å². The molecule has 1 saturated heterocycles. The molecule has 9 nitrogen and oxygen atoms in total. The van der Waals surface area contributed by atoms with Gasteiger partial charge in [-0.2, -0.15) is 14.5 Å². The number of hydrogen-bond donors (Lipinski definition) is 1. The van der Waals surface area contributed by atoms with Gasteiger partial charge in [-0.3, -0.25) is 14.2 Å². The average molecular weight is 429 g/mol. The summed E-state index contributed by atoms with van der Waals surface area (Å²) >= 11 is 6.13. The van der Waals surface area contributed by atoms with Gasteiger partial charge in [0.05, 0.1) is 41.3 Å². The first-order valence-corrected chi connectivity index (χ1v) is 11.0. The van der Waals surface area contributed by atoms with E-state index >= 15 is 0 Å². The molecule has 0 radical (unpaired) electrons. The molecular formula is C17H25ClN6O3S. The Balaban J connectivity index is 1.68. The minimum absolute atomic E-state index is 0.156. The monoisotopic (exact) mass is 428 g/mol. The Bertz CT molecular complexity index is 968. The second-order valence-electron chi connectivity index (χ2n) is 6.89. The summed E-state index contributed by atoms with van der Waals surface area (Å²) in [5.41, 5.74) is 1.32. The fraction of sp³-hybridized carbons (Fsp3) is 0.588. The van der Waals surface area contributed by atoms with Crippen molar-refractivity contribution in [1.82, 2.24) is 29.2 Å². The van der Waals surface area contributed by atoms with E-state index in [2.05, 4.69) is 15.5 Å². The van der Waals surface area contributed by atoms with E-state index in [4.69, 9.17) is 11.6 Å². The zero-order chi connectivity index (χ0) is 20.5. The van der Waals surface area contributed by atoms with Crippen LogP contribution < -0.4 is 5.32 Å². The van der Waals surface area contributed by atoms with Crippen molar-refractivity contribution in [1.29, 1.82) is 0 Å². The minimum Gasteiger partial charge on any atom is -0.350 e. The lowest BCUT2D eigenvalue weighted by atomic mass is 9.99. The van der Waals surface area contributed by atoms with E-state index in [1.54, 1.807) is 24.9 Å². The van der Waals surface area contributed by atoms with E-state index in [9.17, 15) is 13.2 Å². The molecule has 0 unspecified atom stereocenters. The SMILES string of the molecule is CCn1ncc(Cl)c1CNC(=O)[C@@H]1CCCN(S(=O)(=O)c2cnn(C)c2C)C1. The Labute approximate surface area is 169 Å². The number of aryl methyl sites for hydroxylation is 2. The molecule has 28 heavy (non-hydrogen) atoms. The lowest BCUT2D eigenvalue weighted by Gasteiger charge is -2.31.